The Kier molecular flexibility index (Phi) is 5.64. The van der Waals surface area contributed by atoms with Gasteiger partial charge < -0.3 is 15.0 Å². The van der Waals surface area contributed by atoms with E-state index in [0.717, 1.165) is 25.5 Å². The highest BCUT2D eigenvalue weighted by Crippen LogP contribution is 2.28. The van der Waals surface area contributed by atoms with Crippen LogP contribution >= 0.6 is 0 Å². The van der Waals surface area contributed by atoms with Crippen LogP contribution in [0.5, 0.6) is 0 Å². The first-order valence-corrected chi connectivity index (χ1v) is 7.76. The van der Waals surface area contributed by atoms with Crippen molar-refractivity contribution in [2.75, 3.05) is 33.4 Å². The van der Waals surface area contributed by atoms with Gasteiger partial charge in [0.2, 0.25) is 5.91 Å². The number of nitrogens with one attached hydrogen (secondary N) is 1. The van der Waals surface area contributed by atoms with Gasteiger partial charge >= 0.3 is 0 Å². The smallest absolute Gasteiger partial charge is 0.239 e. The van der Waals surface area contributed by atoms with Crippen molar-refractivity contribution in [3.8, 4) is 0 Å². The number of rotatable bonds is 7. The number of piperidine rings is 1. The van der Waals surface area contributed by atoms with Crippen molar-refractivity contribution in [3.05, 3.63) is 0 Å². The third kappa shape index (κ3) is 4.77. The van der Waals surface area contributed by atoms with Crippen molar-refractivity contribution < 1.29 is 9.53 Å². The van der Waals surface area contributed by atoms with E-state index in [2.05, 4.69) is 12.2 Å². The number of hydrogen-bond donors (Lipinski definition) is 1. The normalized spacial score (nSPS) is 27.3. The van der Waals surface area contributed by atoms with Gasteiger partial charge in [0.05, 0.1) is 12.6 Å². The summed E-state index contributed by atoms with van der Waals surface area (Å²) in [6, 6.07) is 0.0205. The second kappa shape index (κ2) is 7.25. The lowest BCUT2D eigenvalue weighted by Crippen LogP contribution is -2.49. The van der Waals surface area contributed by atoms with Gasteiger partial charge in [-0.05, 0) is 44.1 Å². The average molecular weight is 268 g/mol. The minimum Gasteiger partial charge on any atom is -0.379 e. The Bertz CT molecular complexity index is 292. The van der Waals surface area contributed by atoms with Gasteiger partial charge in [-0.1, -0.05) is 13.3 Å². The SMILES string of the molecule is CCC1CCNC(C(=O)N(C)CCOCC2CC2)C1. The monoisotopic (exact) mass is 268 g/mol. The molecule has 2 rings (SSSR count). The molecule has 2 fully saturated rings. The topological polar surface area (TPSA) is 41.6 Å². The number of carbonyl (C=O) groups excluding carboxylic acids is 1. The largest absolute Gasteiger partial charge is 0.379 e. The Labute approximate surface area is 116 Å². The highest BCUT2D eigenvalue weighted by molar-refractivity contribution is 5.81. The number of ether oxygens (including phenoxy) is 1. The van der Waals surface area contributed by atoms with E-state index in [9.17, 15) is 4.79 Å². The summed E-state index contributed by atoms with van der Waals surface area (Å²) < 4.78 is 5.59. The number of hydrogen-bond acceptors (Lipinski definition) is 3. The average Bonchev–Trinajstić information content (AvgIpc) is 3.26. The molecule has 1 N–H and O–H groups in total. The van der Waals surface area contributed by atoms with Crippen LogP contribution in [0.15, 0.2) is 0 Å². The number of likely N-dealkylation sites (N-methyl/N-ethyl adjacent to an activating group) is 1. The van der Waals surface area contributed by atoms with Crippen LogP contribution in [0.2, 0.25) is 0 Å². The molecule has 0 aromatic carbocycles. The van der Waals surface area contributed by atoms with Crippen LogP contribution in [-0.2, 0) is 9.53 Å². The Balaban J connectivity index is 1.65. The lowest BCUT2D eigenvalue weighted by molar-refractivity contribution is -0.133. The predicted molar refractivity (Wildman–Crippen MR) is 76.0 cm³/mol. The van der Waals surface area contributed by atoms with E-state index < -0.39 is 0 Å². The van der Waals surface area contributed by atoms with E-state index in [1.165, 1.54) is 25.7 Å². The second-order valence-electron chi connectivity index (χ2n) is 6.08. The molecule has 0 spiro atoms. The van der Waals surface area contributed by atoms with Crippen LogP contribution in [-0.4, -0.2) is 50.2 Å². The van der Waals surface area contributed by atoms with E-state index >= 15 is 0 Å². The van der Waals surface area contributed by atoms with E-state index in [-0.39, 0.29) is 11.9 Å². The minimum atomic E-state index is 0.0205. The van der Waals surface area contributed by atoms with Gasteiger partial charge in [0.15, 0.2) is 0 Å². The van der Waals surface area contributed by atoms with E-state index in [1.807, 2.05) is 11.9 Å². The van der Waals surface area contributed by atoms with Gasteiger partial charge in [0, 0.05) is 20.2 Å². The summed E-state index contributed by atoms with van der Waals surface area (Å²) in [6.07, 6.45) is 6.01. The molecule has 1 heterocycles. The first-order valence-electron chi connectivity index (χ1n) is 7.76. The van der Waals surface area contributed by atoms with Crippen LogP contribution in [0.1, 0.15) is 39.0 Å². The van der Waals surface area contributed by atoms with Gasteiger partial charge in [-0.15, -0.1) is 0 Å². The van der Waals surface area contributed by atoms with Crippen LogP contribution in [0.25, 0.3) is 0 Å². The number of nitrogens with zero attached hydrogens (tertiary/aromatic N) is 1. The summed E-state index contributed by atoms with van der Waals surface area (Å²) in [5.74, 6) is 1.73. The van der Waals surface area contributed by atoms with Gasteiger partial charge in [-0.2, -0.15) is 0 Å². The summed E-state index contributed by atoms with van der Waals surface area (Å²) in [4.78, 5) is 14.1. The fourth-order valence-electron chi connectivity index (χ4n) is 2.67. The second-order valence-corrected chi connectivity index (χ2v) is 6.08. The summed E-state index contributed by atoms with van der Waals surface area (Å²) in [6.45, 7) is 5.44. The fraction of sp³-hybridized carbons (Fsp3) is 0.933. The Morgan fingerprint density at radius 3 is 2.79 bits per heavy atom. The lowest BCUT2D eigenvalue weighted by Gasteiger charge is -2.31. The summed E-state index contributed by atoms with van der Waals surface area (Å²) >= 11 is 0. The van der Waals surface area contributed by atoms with Crippen LogP contribution in [0.3, 0.4) is 0 Å². The third-order valence-electron chi connectivity index (χ3n) is 4.39. The van der Waals surface area contributed by atoms with Crippen LogP contribution in [0.4, 0.5) is 0 Å². The number of carbonyl (C=O) groups is 1. The molecule has 1 amide bonds. The Hall–Kier alpha value is -0.610. The zero-order valence-corrected chi connectivity index (χ0v) is 12.4. The maximum Gasteiger partial charge on any atom is 0.239 e. The van der Waals surface area contributed by atoms with Gasteiger partial charge in [0.25, 0.3) is 0 Å². The van der Waals surface area contributed by atoms with E-state index in [1.54, 1.807) is 0 Å². The first-order chi connectivity index (χ1) is 9.20. The molecule has 110 valence electrons. The molecule has 0 aromatic heterocycles. The van der Waals surface area contributed by atoms with Crippen LogP contribution < -0.4 is 5.32 Å². The van der Waals surface area contributed by atoms with Gasteiger partial charge in [0.1, 0.15) is 0 Å². The van der Waals surface area contributed by atoms with Crippen molar-refractivity contribution in [2.24, 2.45) is 11.8 Å². The summed E-state index contributed by atoms with van der Waals surface area (Å²) in [5.41, 5.74) is 0. The van der Waals surface area contributed by atoms with Crippen molar-refractivity contribution in [2.45, 2.75) is 45.1 Å². The van der Waals surface area contributed by atoms with Crippen LogP contribution in [0, 0.1) is 11.8 Å². The summed E-state index contributed by atoms with van der Waals surface area (Å²) in [5, 5.41) is 3.35. The Morgan fingerprint density at radius 1 is 1.32 bits per heavy atom. The third-order valence-corrected chi connectivity index (χ3v) is 4.39. The molecular formula is C15H28N2O2. The summed E-state index contributed by atoms with van der Waals surface area (Å²) in [7, 11) is 1.89. The molecule has 2 unspecified atom stereocenters. The molecule has 4 heteroatoms. The molecule has 0 bridgehead atoms. The molecule has 1 aliphatic carbocycles. The molecular weight excluding hydrogens is 240 g/mol. The van der Waals surface area contributed by atoms with Gasteiger partial charge in [-0.3, -0.25) is 4.79 Å². The predicted octanol–water partition coefficient (Wildman–Crippen LogP) is 1.65. The maximum absolute atomic E-state index is 12.3. The van der Waals surface area contributed by atoms with Crippen molar-refractivity contribution in [1.82, 2.24) is 10.2 Å². The zero-order chi connectivity index (χ0) is 13.7. The molecule has 1 aliphatic heterocycles. The maximum atomic E-state index is 12.3. The molecule has 1 saturated heterocycles. The fourth-order valence-corrected chi connectivity index (χ4v) is 2.67. The molecule has 2 atom stereocenters. The van der Waals surface area contributed by atoms with E-state index in [4.69, 9.17) is 4.74 Å². The highest BCUT2D eigenvalue weighted by atomic mass is 16.5. The molecule has 1 saturated carbocycles. The quantitative estimate of drug-likeness (QED) is 0.714. The molecule has 2 aliphatic rings. The van der Waals surface area contributed by atoms with Gasteiger partial charge in [-0.25, -0.2) is 0 Å². The zero-order valence-electron chi connectivity index (χ0n) is 12.4. The lowest BCUT2D eigenvalue weighted by atomic mass is 9.90. The van der Waals surface area contributed by atoms with Crippen molar-refractivity contribution in [1.29, 1.82) is 0 Å². The number of amides is 1. The highest BCUT2D eigenvalue weighted by Gasteiger charge is 2.28. The Morgan fingerprint density at radius 2 is 2.11 bits per heavy atom. The molecule has 0 aromatic rings. The molecule has 0 radical (unpaired) electrons. The van der Waals surface area contributed by atoms with E-state index in [0.29, 0.717) is 19.1 Å². The van der Waals surface area contributed by atoms with Crippen molar-refractivity contribution >= 4 is 5.91 Å². The molecule has 4 nitrogen and oxygen atoms in total. The standard InChI is InChI=1S/C15H28N2O2/c1-3-12-6-7-16-14(10-12)15(18)17(2)8-9-19-11-13-4-5-13/h12-14,16H,3-11H2,1-2H3. The minimum absolute atomic E-state index is 0.0205. The first kappa shape index (κ1) is 14.8. The van der Waals surface area contributed by atoms with Crippen molar-refractivity contribution in [3.63, 3.8) is 0 Å². The molecule has 19 heavy (non-hydrogen) atoms.